The Kier molecular flexibility index (Phi) is 4.61. The van der Waals surface area contributed by atoms with Crippen molar-refractivity contribution in [2.45, 2.75) is 27.7 Å². The number of amides is 2. The molecule has 0 heterocycles. The molecule has 0 unspecified atom stereocenters. The highest BCUT2D eigenvalue weighted by Gasteiger charge is 2.11. The molecule has 22 heavy (non-hydrogen) atoms. The fourth-order valence-corrected chi connectivity index (χ4v) is 2.17. The van der Waals surface area contributed by atoms with Gasteiger partial charge in [0.2, 0.25) is 5.91 Å². The molecule has 2 N–H and O–H groups in total. The molecule has 2 aromatic rings. The lowest BCUT2D eigenvalue weighted by molar-refractivity contribution is -0.114. The van der Waals surface area contributed by atoms with E-state index >= 15 is 0 Å². The van der Waals surface area contributed by atoms with Gasteiger partial charge in [-0.05, 0) is 61.7 Å². The van der Waals surface area contributed by atoms with Gasteiger partial charge in [0.1, 0.15) is 0 Å². The molecule has 114 valence electrons. The van der Waals surface area contributed by atoms with Crippen LogP contribution >= 0.6 is 0 Å². The average Bonchev–Trinajstić information content (AvgIpc) is 2.45. The third kappa shape index (κ3) is 3.52. The van der Waals surface area contributed by atoms with E-state index < -0.39 is 0 Å². The van der Waals surface area contributed by atoms with Crippen molar-refractivity contribution in [1.82, 2.24) is 0 Å². The molecule has 0 saturated heterocycles. The molecule has 0 aliphatic rings. The summed E-state index contributed by atoms with van der Waals surface area (Å²) in [6, 6.07) is 11.0. The van der Waals surface area contributed by atoms with Crippen LogP contribution in [0.15, 0.2) is 36.4 Å². The molecule has 0 aliphatic heterocycles. The fraction of sp³-hybridized carbons (Fsp3) is 0.222. The molecule has 2 amide bonds. The zero-order valence-electron chi connectivity index (χ0n) is 13.3. The van der Waals surface area contributed by atoms with Gasteiger partial charge >= 0.3 is 0 Å². The molecular weight excluding hydrogens is 276 g/mol. The quantitative estimate of drug-likeness (QED) is 0.904. The fourth-order valence-electron chi connectivity index (χ4n) is 2.17. The van der Waals surface area contributed by atoms with Gasteiger partial charge in [0.15, 0.2) is 0 Å². The van der Waals surface area contributed by atoms with E-state index in [0.717, 1.165) is 16.7 Å². The summed E-state index contributed by atoms with van der Waals surface area (Å²) in [5.74, 6) is -0.299. The highest BCUT2D eigenvalue weighted by Crippen LogP contribution is 2.24. The van der Waals surface area contributed by atoms with Crippen LogP contribution in [-0.4, -0.2) is 11.8 Å². The highest BCUT2D eigenvalue weighted by molar-refractivity contribution is 6.05. The maximum Gasteiger partial charge on any atom is 0.255 e. The van der Waals surface area contributed by atoms with E-state index in [1.165, 1.54) is 6.92 Å². The minimum atomic E-state index is -0.161. The predicted octanol–water partition coefficient (Wildman–Crippen LogP) is 3.82. The van der Waals surface area contributed by atoms with Crippen LogP contribution in [0, 0.1) is 20.8 Å². The predicted molar refractivity (Wildman–Crippen MR) is 89.4 cm³/mol. The molecule has 0 bridgehead atoms. The SMILES string of the molecule is CC(=O)Nc1cccc(NC(=O)c2ccc(C)c(C)c2)c1C. The van der Waals surface area contributed by atoms with Crippen molar-refractivity contribution >= 4 is 23.2 Å². The van der Waals surface area contributed by atoms with E-state index in [9.17, 15) is 9.59 Å². The standard InChI is InChI=1S/C18H20N2O2/c1-11-8-9-15(10-12(11)2)18(22)20-17-7-5-6-16(13(17)3)19-14(4)21/h5-10H,1-4H3,(H,19,21)(H,20,22). The van der Waals surface area contributed by atoms with Crippen molar-refractivity contribution in [3.63, 3.8) is 0 Å². The lowest BCUT2D eigenvalue weighted by Crippen LogP contribution is -2.14. The van der Waals surface area contributed by atoms with Gasteiger partial charge in [-0.25, -0.2) is 0 Å². The second-order valence-electron chi connectivity index (χ2n) is 5.41. The van der Waals surface area contributed by atoms with Crippen molar-refractivity contribution in [2.75, 3.05) is 10.6 Å². The molecule has 2 rings (SSSR count). The Labute approximate surface area is 130 Å². The summed E-state index contributed by atoms with van der Waals surface area (Å²) in [6.45, 7) is 7.31. The first kappa shape index (κ1) is 15.8. The molecule has 2 aromatic carbocycles. The van der Waals surface area contributed by atoms with E-state index in [2.05, 4.69) is 10.6 Å². The van der Waals surface area contributed by atoms with E-state index in [1.54, 1.807) is 6.07 Å². The maximum absolute atomic E-state index is 12.4. The summed E-state index contributed by atoms with van der Waals surface area (Å²) in [6.07, 6.45) is 0. The molecule has 4 nitrogen and oxygen atoms in total. The maximum atomic E-state index is 12.4. The Balaban J connectivity index is 2.24. The van der Waals surface area contributed by atoms with Crippen LogP contribution in [0.4, 0.5) is 11.4 Å². The number of benzene rings is 2. The minimum absolute atomic E-state index is 0.138. The van der Waals surface area contributed by atoms with Gasteiger partial charge in [-0.15, -0.1) is 0 Å². The van der Waals surface area contributed by atoms with Crippen molar-refractivity contribution in [3.8, 4) is 0 Å². The number of nitrogens with one attached hydrogen (secondary N) is 2. The largest absolute Gasteiger partial charge is 0.326 e. The summed E-state index contributed by atoms with van der Waals surface area (Å²) in [5, 5.41) is 5.65. The number of rotatable bonds is 3. The number of anilines is 2. The van der Waals surface area contributed by atoms with Crippen molar-refractivity contribution in [2.24, 2.45) is 0 Å². The molecule has 0 atom stereocenters. The summed E-state index contributed by atoms with van der Waals surface area (Å²) in [5.41, 5.74) is 5.07. The average molecular weight is 296 g/mol. The van der Waals surface area contributed by atoms with Crippen LogP contribution in [0.3, 0.4) is 0 Å². The van der Waals surface area contributed by atoms with Crippen LogP contribution in [0.5, 0.6) is 0 Å². The van der Waals surface area contributed by atoms with Gasteiger partial charge in [0.05, 0.1) is 0 Å². The van der Waals surface area contributed by atoms with E-state index in [4.69, 9.17) is 0 Å². The number of carbonyl (C=O) groups is 2. The number of aryl methyl sites for hydroxylation is 2. The van der Waals surface area contributed by atoms with E-state index in [-0.39, 0.29) is 11.8 Å². The minimum Gasteiger partial charge on any atom is -0.326 e. The molecule has 0 aliphatic carbocycles. The third-order valence-corrected chi connectivity index (χ3v) is 3.66. The van der Waals surface area contributed by atoms with Crippen LogP contribution in [0.25, 0.3) is 0 Å². The van der Waals surface area contributed by atoms with Crippen LogP contribution < -0.4 is 10.6 Å². The van der Waals surface area contributed by atoms with Crippen molar-refractivity contribution in [3.05, 3.63) is 58.7 Å². The first-order valence-corrected chi connectivity index (χ1v) is 7.14. The topological polar surface area (TPSA) is 58.2 Å². The number of carbonyl (C=O) groups excluding carboxylic acids is 2. The summed E-state index contributed by atoms with van der Waals surface area (Å²) < 4.78 is 0. The Morgan fingerprint density at radius 2 is 1.50 bits per heavy atom. The normalized spacial score (nSPS) is 10.2. The summed E-state index contributed by atoms with van der Waals surface area (Å²) in [4.78, 5) is 23.6. The molecule has 4 heteroatoms. The van der Waals surface area contributed by atoms with Gasteiger partial charge < -0.3 is 10.6 Å². The second kappa shape index (κ2) is 6.43. The first-order chi connectivity index (χ1) is 10.4. The summed E-state index contributed by atoms with van der Waals surface area (Å²) >= 11 is 0. The van der Waals surface area contributed by atoms with Crippen molar-refractivity contribution in [1.29, 1.82) is 0 Å². The molecule has 0 spiro atoms. The Bertz CT molecular complexity index is 736. The lowest BCUT2D eigenvalue weighted by Gasteiger charge is -2.13. The van der Waals surface area contributed by atoms with E-state index in [1.807, 2.05) is 51.1 Å². The first-order valence-electron chi connectivity index (χ1n) is 7.14. The molecule has 0 radical (unpaired) electrons. The zero-order valence-corrected chi connectivity index (χ0v) is 13.3. The van der Waals surface area contributed by atoms with Gasteiger partial charge in [-0.3, -0.25) is 9.59 Å². The van der Waals surface area contributed by atoms with Gasteiger partial charge in [0, 0.05) is 23.9 Å². The molecule has 0 fully saturated rings. The number of hydrogen-bond acceptors (Lipinski definition) is 2. The summed E-state index contributed by atoms with van der Waals surface area (Å²) in [7, 11) is 0. The third-order valence-electron chi connectivity index (χ3n) is 3.66. The Hall–Kier alpha value is -2.62. The molecular formula is C18H20N2O2. The zero-order chi connectivity index (χ0) is 16.3. The van der Waals surface area contributed by atoms with E-state index in [0.29, 0.717) is 16.9 Å². The van der Waals surface area contributed by atoms with Crippen molar-refractivity contribution < 1.29 is 9.59 Å². The van der Waals surface area contributed by atoms with Gasteiger partial charge in [-0.2, -0.15) is 0 Å². The van der Waals surface area contributed by atoms with Crippen LogP contribution in [0.1, 0.15) is 34.0 Å². The molecule has 0 aromatic heterocycles. The second-order valence-corrected chi connectivity index (χ2v) is 5.41. The Morgan fingerprint density at radius 3 is 2.09 bits per heavy atom. The van der Waals surface area contributed by atoms with Gasteiger partial charge in [-0.1, -0.05) is 12.1 Å². The monoisotopic (exact) mass is 296 g/mol. The van der Waals surface area contributed by atoms with Crippen LogP contribution in [0.2, 0.25) is 0 Å². The highest BCUT2D eigenvalue weighted by atomic mass is 16.2. The van der Waals surface area contributed by atoms with Gasteiger partial charge in [0.25, 0.3) is 5.91 Å². The van der Waals surface area contributed by atoms with Crippen LogP contribution in [-0.2, 0) is 4.79 Å². The Morgan fingerprint density at radius 1 is 0.864 bits per heavy atom. The lowest BCUT2D eigenvalue weighted by atomic mass is 10.1. The number of hydrogen-bond donors (Lipinski definition) is 2. The smallest absolute Gasteiger partial charge is 0.255 e. The molecule has 0 saturated carbocycles.